The Balaban J connectivity index is 1.60. The van der Waals surface area contributed by atoms with Crippen molar-refractivity contribution in [2.75, 3.05) is 13.1 Å². The lowest BCUT2D eigenvalue weighted by molar-refractivity contribution is 0.0290. The third kappa shape index (κ3) is 4.34. The van der Waals surface area contributed by atoms with E-state index in [9.17, 15) is 9.59 Å². The average molecular weight is 408 g/mol. The van der Waals surface area contributed by atoms with Gasteiger partial charge in [-0.2, -0.15) is 0 Å². The number of amides is 2. The molecule has 0 radical (unpaired) electrons. The third-order valence-electron chi connectivity index (χ3n) is 4.00. The van der Waals surface area contributed by atoms with E-state index in [1.54, 1.807) is 4.90 Å². The summed E-state index contributed by atoms with van der Waals surface area (Å²) in [5, 5.41) is 3.97. The molecule has 25 heavy (non-hydrogen) atoms. The molecule has 1 saturated heterocycles. The van der Waals surface area contributed by atoms with Crippen molar-refractivity contribution in [1.29, 1.82) is 0 Å². The molecular weight excluding hydrogens is 386 g/mol. The number of hydrogen-bond acceptors (Lipinski definition) is 3. The number of H-pyrrole nitrogens is 1. The molecule has 0 saturated carbocycles. The van der Waals surface area contributed by atoms with Crippen LogP contribution in [0.5, 0.6) is 0 Å². The third-order valence-corrected chi connectivity index (χ3v) is 4.50. The number of aromatic amines is 1. The number of likely N-dealkylation sites (tertiary alicyclic amines) is 1. The summed E-state index contributed by atoms with van der Waals surface area (Å²) < 4.78 is 6.33. The molecule has 0 unspecified atom stereocenters. The van der Waals surface area contributed by atoms with Gasteiger partial charge < -0.3 is 19.9 Å². The molecule has 0 aliphatic carbocycles. The van der Waals surface area contributed by atoms with Gasteiger partial charge in [-0.1, -0.05) is 22.0 Å². The predicted molar refractivity (Wildman–Crippen MR) is 99.7 cm³/mol. The van der Waals surface area contributed by atoms with Crippen LogP contribution < -0.4 is 5.32 Å². The number of carbonyl (C=O) groups excluding carboxylic acids is 2. The highest BCUT2D eigenvalue weighted by Crippen LogP contribution is 2.21. The summed E-state index contributed by atoms with van der Waals surface area (Å²) in [5.41, 5.74) is 0.905. The topological polar surface area (TPSA) is 74.4 Å². The first-order chi connectivity index (χ1) is 11.7. The number of nitrogens with one attached hydrogen (secondary N) is 2. The van der Waals surface area contributed by atoms with Gasteiger partial charge in [0.15, 0.2) is 0 Å². The van der Waals surface area contributed by atoms with Gasteiger partial charge in [0.25, 0.3) is 5.91 Å². The first kappa shape index (κ1) is 17.8. The lowest BCUT2D eigenvalue weighted by Crippen LogP contribution is -2.40. The maximum absolute atomic E-state index is 12.5. The van der Waals surface area contributed by atoms with E-state index in [1.165, 1.54) is 0 Å². The smallest absolute Gasteiger partial charge is 0.410 e. The molecule has 1 aromatic heterocycles. The molecule has 1 fully saturated rings. The second-order valence-corrected chi connectivity index (χ2v) is 8.22. The molecule has 6 nitrogen and oxygen atoms in total. The molecule has 3 rings (SSSR count). The first-order valence-electron chi connectivity index (χ1n) is 8.28. The highest BCUT2D eigenvalue weighted by molar-refractivity contribution is 9.10. The molecular formula is C18H22BrN3O3. The zero-order valence-electron chi connectivity index (χ0n) is 14.6. The van der Waals surface area contributed by atoms with Crippen molar-refractivity contribution >= 4 is 38.8 Å². The van der Waals surface area contributed by atoms with E-state index in [0.29, 0.717) is 18.8 Å². The van der Waals surface area contributed by atoms with Crippen LogP contribution >= 0.6 is 15.9 Å². The highest BCUT2D eigenvalue weighted by Gasteiger charge is 2.30. The van der Waals surface area contributed by atoms with Crippen LogP contribution in [-0.4, -0.2) is 46.6 Å². The Bertz CT molecular complexity index is 809. The van der Waals surface area contributed by atoms with Gasteiger partial charge in [0, 0.05) is 34.5 Å². The SMILES string of the molecule is CC(C)(C)OC(=O)N1CC[C@@H](NC(=O)c2cc3ccc(Br)cc3[nH]2)C1. The van der Waals surface area contributed by atoms with E-state index >= 15 is 0 Å². The lowest BCUT2D eigenvalue weighted by atomic mass is 10.2. The Hall–Kier alpha value is -2.02. The van der Waals surface area contributed by atoms with Crippen molar-refractivity contribution in [2.24, 2.45) is 0 Å². The van der Waals surface area contributed by atoms with Gasteiger partial charge in [0.2, 0.25) is 0 Å². The van der Waals surface area contributed by atoms with Gasteiger partial charge in [-0.25, -0.2) is 4.79 Å². The van der Waals surface area contributed by atoms with Crippen LogP contribution in [0.4, 0.5) is 4.79 Å². The number of fused-ring (bicyclic) bond motifs is 1. The van der Waals surface area contributed by atoms with Crippen molar-refractivity contribution in [2.45, 2.75) is 38.8 Å². The Morgan fingerprint density at radius 3 is 2.80 bits per heavy atom. The summed E-state index contributed by atoms with van der Waals surface area (Å²) in [4.78, 5) is 29.3. The summed E-state index contributed by atoms with van der Waals surface area (Å²) in [6.45, 7) is 6.57. The number of carbonyl (C=O) groups is 2. The van der Waals surface area contributed by atoms with Crippen molar-refractivity contribution in [3.8, 4) is 0 Å². The van der Waals surface area contributed by atoms with Gasteiger partial charge in [0.1, 0.15) is 11.3 Å². The van der Waals surface area contributed by atoms with E-state index in [-0.39, 0.29) is 18.0 Å². The Labute approximate surface area is 155 Å². The van der Waals surface area contributed by atoms with Crippen LogP contribution in [-0.2, 0) is 4.74 Å². The number of aromatic nitrogens is 1. The fraction of sp³-hybridized carbons (Fsp3) is 0.444. The van der Waals surface area contributed by atoms with Crippen LogP contribution in [0.2, 0.25) is 0 Å². The standard InChI is InChI=1S/C18H22BrN3O3/c1-18(2,3)25-17(24)22-7-6-13(10-22)20-16(23)15-8-11-4-5-12(19)9-14(11)21-15/h4-5,8-9,13,21H,6-7,10H2,1-3H3,(H,20,23)/t13-/m1/s1. The second kappa shape index (κ2) is 6.71. The van der Waals surface area contributed by atoms with E-state index in [1.807, 2.05) is 45.0 Å². The number of halogens is 1. The van der Waals surface area contributed by atoms with Crippen LogP contribution in [0.15, 0.2) is 28.7 Å². The molecule has 2 heterocycles. The van der Waals surface area contributed by atoms with Gasteiger partial charge in [-0.05, 0) is 45.4 Å². The lowest BCUT2D eigenvalue weighted by Gasteiger charge is -2.24. The number of nitrogens with zero attached hydrogens (tertiary/aromatic N) is 1. The minimum atomic E-state index is -0.517. The van der Waals surface area contributed by atoms with Gasteiger partial charge in [-0.3, -0.25) is 4.79 Å². The predicted octanol–water partition coefficient (Wildman–Crippen LogP) is 3.67. The van der Waals surface area contributed by atoms with E-state index in [0.717, 1.165) is 21.8 Å². The van der Waals surface area contributed by atoms with Crippen molar-refractivity contribution in [1.82, 2.24) is 15.2 Å². The molecule has 0 spiro atoms. The molecule has 1 atom stereocenters. The number of ether oxygens (including phenoxy) is 1. The van der Waals surface area contributed by atoms with Gasteiger partial charge in [-0.15, -0.1) is 0 Å². The van der Waals surface area contributed by atoms with Crippen molar-refractivity contribution in [3.63, 3.8) is 0 Å². The average Bonchev–Trinajstić information content (AvgIpc) is 3.11. The molecule has 2 N–H and O–H groups in total. The quantitative estimate of drug-likeness (QED) is 0.797. The molecule has 134 valence electrons. The zero-order chi connectivity index (χ0) is 18.2. The second-order valence-electron chi connectivity index (χ2n) is 7.30. The molecule has 2 aromatic rings. The van der Waals surface area contributed by atoms with Gasteiger partial charge >= 0.3 is 6.09 Å². The maximum Gasteiger partial charge on any atom is 0.410 e. The van der Waals surface area contributed by atoms with Crippen LogP contribution in [0, 0.1) is 0 Å². The Morgan fingerprint density at radius 1 is 1.32 bits per heavy atom. The first-order valence-corrected chi connectivity index (χ1v) is 9.08. The zero-order valence-corrected chi connectivity index (χ0v) is 16.1. The highest BCUT2D eigenvalue weighted by atomic mass is 79.9. The summed E-state index contributed by atoms with van der Waals surface area (Å²) >= 11 is 3.42. The monoisotopic (exact) mass is 407 g/mol. The summed E-state index contributed by atoms with van der Waals surface area (Å²) in [7, 11) is 0. The molecule has 1 aromatic carbocycles. The molecule has 1 aliphatic heterocycles. The van der Waals surface area contributed by atoms with Crippen molar-refractivity contribution in [3.05, 3.63) is 34.4 Å². The summed E-state index contributed by atoms with van der Waals surface area (Å²) in [5.74, 6) is -0.164. The summed E-state index contributed by atoms with van der Waals surface area (Å²) in [6.07, 6.45) is 0.385. The van der Waals surface area contributed by atoms with Crippen LogP contribution in [0.1, 0.15) is 37.7 Å². The van der Waals surface area contributed by atoms with E-state index in [4.69, 9.17) is 4.74 Å². The fourth-order valence-electron chi connectivity index (χ4n) is 2.86. The maximum atomic E-state index is 12.5. The van der Waals surface area contributed by atoms with Crippen molar-refractivity contribution < 1.29 is 14.3 Å². The number of rotatable bonds is 2. The normalized spacial score (nSPS) is 17.8. The van der Waals surface area contributed by atoms with Gasteiger partial charge in [0.05, 0.1) is 0 Å². The van der Waals surface area contributed by atoms with E-state index in [2.05, 4.69) is 26.2 Å². The Morgan fingerprint density at radius 2 is 2.08 bits per heavy atom. The largest absolute Gasteiger partial charge is 0.444 e. The minimum absolute atomic E-state index is 0.0711. The van der Waals surface area contributed by atoms with E-state index < -0.39 is 5.60 Å². The molecule has 0 bridgehead atoms. The molecule has 2 amide bonds. The minimum Gasteiger partial charge on any atom is -0.444 e. The van der Waals surface area contributed by atoms with Crippen LogP contribution in [0.3, 0.4) is 0 Å². The molecule has 7 heteroatoms. The van der Waals surface area contributed by atoms with Crippen LogP contribution in [0.25, 0.3) is 10.9 Å². The number of hydrogen-bond donors (Lipinski definition) is 2. The Kier molecular flexibility index (Phi) is 4.77. The fourth-order valence-corrected chi connectivity index (χ4v) is 3.22. The summed E-state index contributed by atoms with van der Waals surface area (Å²) in [6, 6.07) is 7.59. The molecule has 1 aliphatic rings. The number of benzene rings is 1.